The van der Waals surface area contributed by atoms with Crippen molar-refractivity contribution in [3.63, 3.8) is 0 Å². The van der Waals surface area contributed by atoms with Crippen LogP contribution in [0.1, 0.15) is 18.3 Å². The summed E-state index contributed by atoms with van der Waals surface area (Å²) in [7, 11) is 0. The molecule has 1 aromatic heterocycles. The molecule has 2 aromatic rings. The normalized spacial score (nSPS) is 14.3. The minimum atomic E-state index is -0.560. The highest BCUT2D eigenvalue weighted by molar-refractivity contribution is 6.51. The molecule has 0 radical (unpaired) electrons. The third kappa shape index (κ3) is 4.64. The zero-order valence-corrected chi connectivity index (χ0v) is 15.4. The fourth-order valence-corrected chi connectivity index (χ4v) is 2.54. The molecule has 0 bridgehead atoms. The number of nitrogens with two attached hydrogens (primary N) is 1. The van der Waals surface area contributed by atoms with Crippen LogP contribution in [-0.2, 0) is 6.54 Å². The molecule has 0 atom stereocenters. The van der Waals surface area contributed by atoms with E-state index in [2.05, 4.69) is 25.3 Å². The highest BCUT2D eigenvalue weighted by atomic mass is 19.1. The summed E-state index contributed by atoms with van der Waals surface area (Å²) in [5.41, 5.74) is 7.90. The Labute approximate surface area is 161 Å². The molecule has 0 aliphatic carbocycles. The zero-order chi connectivity index (χ0) is 19.9. The molecular formula is C20H20F2N6. The Morgan fingerprint density at radius 2 is 2.11 bits per heavy atom. The molecule has 2 heterocycles. The second-order valence-electron chi connectivity index (χ2n) is 5.94. The van der Waals surface area contributed by atoms with Gasteiger partial charge in [0.25, 0.3) is 0 Å². The fourth-order valence-electron chi connectivity index (χ4n) is 2.54. The predicted octanol–water partition coefficient (Wildman–Crippen LogP) is 3.14. The van der Waals surface area contributed by atoms with Gasteiger partial charge in [0.2, 0.25) is 0 Å². The number of aromatic nitrogens is 2. The van der Waals surface area contributed by atoms with E-state index in [9.17, 15) is 8.78 Å². The third-order valence-corrected chi connectivity index (χ3v) is 3.92. The van der Waals surface area contributed by atoms with Crippen molar-refractivity contribution in [1.82, 2.24) is 9.97 Å². The molecule has 144 valence electrons. The number of allylic oxidation sites excluding steroid dienone is 2. The highest BCUT2D eigenvalue weighted by Crippen LogP contribution is 2.14. The summed E-state index contributed by atoms with van der Waals surface area (Å²) < 4.78 is 27.6. The highest BCUT2D eigenvalue weighted by Gasteiger charge is 2.12. The van der Waals surface area contributed by atoms with Gasteiger partial charge >= 0.3 is 0 Å². The lowest BCUT2D eigenvalue weighted by atomic mass is 10.1. The van der Waals surface area contributed by atoms with Gasteiger partial charge in [-0.1, -0.05) is 24.3 Å². The van der Waals surface area contributed by atoms with Gasteiger partial charge in [-0.2, -0.15) is 0 Å². The Kier molecular flexibility index (Phi) is 6.21. The largest absolute Gasteiger partial charge is 0.396 e. The van der Waals surface area contributed by atoms with Gasteiger partial charge in [0.1, 0.15) is 5.82 Å². The molecule has 1 aliphatic rings. The van der Waals surface area contributed by atoms with Crippen molar-refractivity contribution in [3.05, 3.63) is 71.7 Å². The van der Waals surface area contributed by atoms with Gasteiger partial charge in [0, 0.05) is 12.1 Å². The number of aliphatic imine (C=N–C) groups is 2. The summed E-state index contributed by atoms with van der Waals surface area (Å²) >= 11 is 0. The molecule has 0 unspecified atom stereocenters. The van der Waals surface area contributed by atoms with Gasteiger partial charge in [0.05, 0.1) is 36.4 Å². The smallest absolute Gasteiger partial charge is 0.183 e. The predicted molar refractivity (Wildman–Crippen MR) is 107 cm³/mol. The molecule has 1 aromatic carbocycles. The second-order valence-corrected chi connectivity index (χ2v) is 5.94. The first-order chi connectivity index (χ1) is 13.6. The van der Waals surface area contributed by atoms with Crippen LogP contribution >= 0.6 is 0 Å². The molecule has 3 rings (SSSR count). The molecule has 0 saturated carbocycles. The summed E-state index contributed by atoms with van der Waals surface area (Å²) in [6.45, 7) is 3.01. The van der Waals surface area contributed by atoms with E-state index in [-0.39, 0.29) is 29.7 Å². The average molecular weight is 382 g/mol. The number of nitrogens with one attached hydrogen (secondary N) is 1. The van der Waals surface area contributed by atoms with Crippen LogP contribution in [0.15, 0.2) is 58.7 Å². The molecule has 1 aliphatic heterocycles. The van der Waals surface area contributed by atoms with Crippen LogP contribution in [0.4, 0.5) is 14.6 Å². The molecule has 8 heteroatoms. The van der Waals surface area contributed by atoms with Crippen LogP contribution in [-0.4, -0.2) is 34.5 Å². The van der Waals surface area contributed by atoms with Crippen LogP contribution in [0.3, 0.4) is 0 Å². The van der Waals surface area contributed by atoms with E-state index in [1.807, 2.05) is 19.1 Å². The first-order valence-electron chi connectivity index (χ1n) is 8.81. The lowest BCUT2D eigenvalue weighted by Gasteiger charge is -2.07. The van der Waals surface area contributed by atoms with Gasteiger partial charge in [-0.15, -0.1) is 0 Å². The first kappa shape index (κ1) is 19.3. The molecule has 3 N–H and O–H groups in total. The maximum absolute atomic E-state index is 13.9. The quantitative estimate of drug-likeness (QED) is 0.720. The van der Waals surface area contributed by atoms with Crippen molar-refractivity contribution in [2.75, 3.05) is 18.4 Å². The fraction of sp³-hybridized carbons (Fsp3) is 0.200. The van der Waals surface area contributed by atoms with E-state index in [0.717, 1.165) is 6.20 Å². The Morgan fingerprint density at radius 3 is 2.82 bits per heavy atom. The van der Waals surface area contributed by atoms with Crippen molar-refractivity contribution in [2.24, 2.45) is 15.7 Å². The average Bonchev–Trinajstić information content (AvgIpc) is 3.22. The summed E-state index contributed by atoms with van der Waals surface area (Å²) in [5, 5.41) is 2.82. The second kappa shape index (κ2) is 8.98. The molecule has 0 fully saturated rings. The molecule has 6 nitrogen and oxygen atoms in total. The SMILES string of the molecule is CCNc1nc(C(N)=CC(=NCc2ccccc2F)C2=NCC=C2)ncc1F. The molecule has 0 amide bonds. The van der Waals surface area contributed by atoms with E-state index in [4.69, 9.17) is 5.73 Å². The molecule has 0 saturated heterocycles. The Morgan fingerprint density at radius 1 is 1.29 bits per heavy atom. The van der Waals surface area contributed by atoms with E-state index < -0.39 is 5.82 Å². The number of benzene rings is 1. The first-order valence-corrected chi connectivity index (χ1v) is 8.81. The van der Waals surface area contributed by atoms with Gasteiger partial charge in [0.15, 0.2) is 17.5 Å². The lowest BCUT2D eigenvalue weighted by Crippen LogP contribution is -2.14. The van der Waals surface area contributed by atoms with Crippen LogP contribution in [0.2, 0.25) is 0 Å². The van der Waals surface area contributed by atoms with Crippen LogP contribution in [0.25, 0.3) is 5.70 Å². The molecular weight excluding hydrogens is 362 g/mol. The van der Waals surface area contributed by atoms with Crippen LogP contribution in [0, 0.1) is 11.6 Å². The maximum Gasteiger partial charge on any atom is 0.183 e. The summed E-state index contributed by atoms with van der Waals surface area (Å²) in [6, 6.07) is 6.43. The monoisotopic (exact) mass is 382 g/mol. The lowest BCUT2D eigenvalue weighted by molar-refractivity contribution is 0.611. The van der Waals surface area contributed by atoms with E-state index in [1.165, 1.54) is 6.07 Å². The Bertz CT molecular complexity index is 978. The number of anilines is 1. The van der Waals surface area contributed by atoms with Crippen molar-refractivity contribution < 1.29 is 8.78 Å². The molecule has 28 heavy (non-hydrogen) atoms. The number of halogens is 2. The summed E-state index contributed by atoms with van der Waals surface area (Å²) in [4.78, 5) is 16.9. The minimum absolute atomic E-state index is 0.0757. The Balaban J connectivity index is 1.92. The van der Waals surface area contributed by atoms with E-state index >= 15 is 0 Å². The topological polar surface area (TPSA) is 88.5 Å². The minimum Gasteiger partial charge on any atom is -0.396 e. The van der Waals surface area contributed by atoms with E-state index in [1.54, 1.807) is 24.3 Å². The van der Waals surface area contributed by atoms with Crippen molar-refractivity contribution in [2.45, 2.75) is 13.5 Å². The number of hydrogen-bond donors (Lipinski definition) is 2. The van der Waals surface area contributed by atoms with Crippen molar-refractivity contribution >= 4 is 22.9 Å². The maximum atomic E-state index is 13.9. The summed E-state index contributed by atoms with van der Waals surface area (Å²) in [5.74, 6) is -0.649. The van der Waals surface area contributed by atoms with Gasteiger partial charge in [-0.3, -0.25) is 9.98 Å². The van der Waals surface area contributed by atoms with Crippen LogP contribution < -0.4 is 11.1 Å². The standard InChI is InChI=1S/C20H20F2N6/c1-2-24-19-15(22)12-27-20(28-19)16(23)10-18(17-8-5-9-25-17)26-11-13-6-3-4-7-14(13)21/h3-8,10,12H,2,9,11,23H2,1H3,(H,24,27,28). The number of rotatable bonds is 7. The van der Waals surface area contributed by atoms with Crippen molar-refractivity contribution in [1.29, 1.82) is 0 Å². The van der Waals surface area contributed by atoms with Gasteiger partial charge in [-0.25, -0.2) is 18.7 Å². The van der Waals surface area contributed by atoms with Crippen LogP contribution in [0.5, 0.6) is 0 Å². The van der Waals surface area contributed by atoms with Gasteiger partial charge in [-0.05, 0) is 25.1 Å². The summed E-state index contributed by atoms with van der Waals surface area (Å²) in [6.07, 6.45) is 6.33. The Hall–Kier alpha value is -3.42. The van der Waals surface area contributed by atoms with Crippen molar-refractivity contribution in [3.8, 4) is 0 Å². The number of nitrogens with zero attached hydrogens (tertiary/aromatic N) is 4. The van der Waals surface area contributed by atoms with E-state index in [0.29, 0.717) is 30.1 Å². The zero-order valence-electron chi connectivity index (χ0n) is 15.4. The van der Waals surface area contributed by atoms with Gasteiger partial charge < -0.3 is 11.1 Å². The molecule has 0 spiro atoms. The number of hydrogen-bond acceptors (Lipinski definition) is 6. The third-order valence-electron chi connectivity index (χ3n) is 3.92.